The molecule has 0 amide bonds. The SMILES string of the molecule is Cc1cc(CNC2CC2)cc(C)c1OCc1cccnc1. The first-order valence-corrected chi connectivity index (χ1v) is 7.57. The molecule has 0 aliphatic heterocycles. The number of pyridine rings is 1. The van der Waals surface area contributed by atoms with Gasteiger partial charge < -0.3 is 10.1 Å². The Morgan fingerprint density at radius 1 is 1.19 bits per heavy atom. The van der Waals surface area contributed by atoms with Crippen LogP contribution < -0.4 is 10.1 Å². The summed E-state index contributed by atoms with van der Waals surface area (Å²) in [4.78, 5) is 4.11. The molecule has 0 saturated heterocycles. The van der Waals surface area contributed by atoms with E-state index in [1.165, 1.54) is 29.5 Å². The van der Waals surface area contributed by atoms with Crippen LogP contribution in [0.3, 0.4) is 0 Å². The maximum Gasteiger partial charge on any atom is 0.125 e. The van der Waals surface area contributed by atoms with Gasteiger partial charge in [-0.15, -0.1) is 0 Å². The van der Waals surface area contributed by atoms with Gasteiger partial charge in [0.1, 0.15) is 12.4 Å². The number of hydrogen-bond acceptors (Lipinski definition) is 3. The third kappa shape index (κ3) is 3.82. The summed E-state index contributed by atoms with van der Waals surface area (Å²) in [6.07, 6.45) is 6.27. The van der Waals surface area contributed by atoms with Crippen LogP contribution in [0.1, 0.15) is 35.1 Å². The van der Waals surface area contributed by atoms with Crippen molar-refractivity contribution in [3.63, 3.8) is 0 Å². The van der Waals surface area contributed by atoms with Crippen LogP contribution in [0.5, 0.6) is 5.75 Å². The molecule has 1 fully saturated rings. The highest BCUT2D eigenvalue weighted by molar-refractivity contribution is 5.43. The zero-order valence-corrected chi connectivity index (χ0v) is 12.7. The number of rotatable bonds is 6. The van der Waals surface area contributed by atoms with Crippen molar-refractivity contribution in [3.8, 4) is 5.75 Å². The molecule has 3 rings (SSSR count). The molecular weight excluding hydrogens is 260 g/mol. The molecule has 3 nitrogen and oxygen atoms in total. The van der Waals surface area contributed by atoms with Crippen LogP contribution in [0, 0.1) is 13.8 Å². The maximum atomic E-state index is 5.99. The molecule has 1 aromatic carbocycles. The molecule has 110 valence electrons. The number of nitrogens with one attached hydrogen (secondary N) is 1. The Bertz CT molecular complexity index is 583. The minimum Gasteiger partial charge on any atom is -0.488 e. The van der Waals surface area contributed by atoms with E-state index >= 15 is 0 Å². The third-order valence-corrected chi connectivity index (χ3v) is 3.80. The van der Waals surface area contributed by atoms with Crippen molar-refractivity contribution >= 4 is 0 Å². The van der Waals surface area contributed by atoms with Crippen LogP contribution >= 0.6 is 0 Å². The van der Waals surface area contributed by atoms with E-state index in [9.17, 15) is 0 Å². The molecule has 21 heavy (non-hydrogen) atoms. The van der Waals surface area contributed by atoms with E-state index in [1.54, 1.807) is 6.20 Å². The second kappa shape index (κ2) is 6.27. The first kappa shape index (κ1) is 14.1. The van der Waals surface area contributed by atoms with E-state index in [-0.39, 0.29) is 0 Å². The molecule has 2 aromatic rings. The molecular formula is C18H22N2O. The summed E-state index contributed by atoms with van der Waals surface area (Å²) in [6, 6.07) is 9.16. The molecule has 0 atom stereocenters. The summed E-state index contributed by atoms with van der Waals surface area (Å²) in [5.74, 6) is 0.994. The summed E-state index contributed by atoms with van der Waals surface area (Å²) >= 11 is 0. The van der Waals surface area contributed by atoms with Gasteiger partial charge >= 0.3 is 0 Å². The highest BCUT2D eigenvalue weighted by Gasteiger charge is 2.20. The first-order valence-electron chi connectivity index (χ1n) is 7.57. The molecule has 1 saturated carbocycles. The van der Waals surface area contributed by atoms with Gasteiger partial charge in [-0.25, -0.2) is 0 Å². The van der Waals surface area contributed by atoms with Crippen LogP contribution in [-0.4, -0.2) is 11.0 Å². The van der Waals surface area contributed by atoms with E-state index in [2.05, 4.69) is 36.3 Å². The van der Waals surface area contributed by atoms with Crippen molar-refractivity contribution in [1.82, 2.24) is 10.3 Å². The van der Waals surface area contributed by atoms with E-state index in [0.29, 0.717) is 6.61 Å². The average molecular weight is 282 g/mol. The summed E-state index contributed by atoms with van der Waals surface area (Å²) in [7, 11) is 0. The van der Waals surface area contributed by atoms with Crippen LogP contribution in [0.4, 0.5) is 0 Å². The van der Waals surface area contributed by atoms with Crippen molar-refractivity contribution in [1.29, 1.82) is 0 Å². The molecule has 0 bridgehead atoms. The zero-order chi connectivity index (χ0) is 14.7. The second-order valence-electron chi connectivity index (χ2n) is 5.86. The Labute approximate surface area is 126 Å². The molecule has 1 heterocycles. The molecule has 1 aliphatic carbocycles. The lowest BCUT2D eigenvalue weighted by Gasteiger charge is -2.14. The van der Waals surface area contributed by atoms with E-state index in [0.717, 1.165) is 23.9 Å². The van der Waals surface area contributed by atoms with E-state index < -0.39 is 0 Å². The molecule has 1 N–H and O–H groups in total. The van der Waals surface area contributed by atoms with E-state index in [4.69, 9.17) is 4.74 Å². The molecule has 3 heteroatoms. The highest BCUT2D eigenvalue weighted by atomic mass is 16.5. The lowest BCUT2D eigenvalue weighted by molar-refractivity contribution is 0.301. The Morgan fingerprint density at radius 3 is 2.57 bits per heavy atom. The van der Waals surface area contributed by atoms with Gasteiger partial charge in [-0.05, 0) is 49.4 Å². The lowest BCUT2D eigenvalue weighted by atomic mass is 10.1. The molecule has 0 spiro atoms. The third-order valence-electron chi connectivity index (χ3n) is 3.80. The Hall–Kier alpha value is -1.87. The number of aryl methyl sites for hydroxylation is 2. The fourth-order valence-corrected chi connectivity index (χ4v) is 2.56. The maximum absolute atomic E-state index is 5.99. The average Bonchev–Trinajstić information content (AvgIpc) is 3.29. The van der Waals surface area contributed by atoms with Gasteiger partial charge in [-0.1, -0.05) is 18.2 Å². The van der Waals surface area contributed by atoms with Gasteiger partial charge in [0.2, 0.25) is 0 Å². The monoisotopic (exact) mass is 282 g/mol. The summed E-state index contributed by atoms with van der Waals surface area (Å²) in [6.45, 7) is 5.75. The van der Waals surface area contributed by atoms with Gasteiger partial charge in [-0.2, -0.15) is 0 Å². The molecule has 0 unspecified atom stereocenters. The number of benzene rings is 1. The van der Waals surface area contributed by atoms with Crippen LogP contribution in [0.15, 0.2) is 36.7 Å². The highest BCUT2D eigenvalue weighted by Crippen LogP contribution is 2.26. The van der Waals surface area contributed by atoms with Crippen molar-refractivity contribution < 1.29 is 4.74 Å². The van der Waals surface area contributed by atoms with Crippen molar-refractivity contribution in [2.45, 2.75) is 45.9 Å². The zero-order valence-electron chi connectivity index (χ0n) is 12.7. The van der Waals surface area contributed by atoms with Crippen molar-refractivity contribution in [3.05, 3.63) is 58.9 Å². The predicted molar refractivity (Wildman–Crippen MR) is 84.3 cm³/mol. The normalized spacial score (nSPS) is 14.2. The Balaban J connectivity index is 1.66. The van der Waals surface area contributed by atoms with Gasteiger partial charge in [0.25, 0.3) is 0 Å². The van der Waals surface area contributed by atoms with Gasteiger partial charge in [0.15, 0.2) is 0 Å². The summed E-state index contributed by atoms with van der Waals surface area (Å²) in [5, 5.41) is 3.56. The topological polar surface area (TPSA) is 34.1 Å². The smallest absolute Gasteiger partial charge is 0.125 e. The van der Waals surface area contributed by atoms with Crippen molar-refractivity contribution in [2.24, 2.45) is 0 Å². The standard InChI is InChI=1S/C18H22N2O/c1-13-8-16(11-20-17-5-6-17)9-14(2)18(13)21-12-15-4-3-7-19-10-15/h3-4,7-10,17,20H,5-6,11-12H2,1-2H3. The predicted octanol–water partition coefficient (Wildman–Crippen LogP) is 3.53. The molecule has 1 aliphatic rings. The van der Waals surface area contributed by atoms with Crippen LogP contribution in [-0.2, 0) is 13.2 Å². The Morgan fingerprint density at radius 2 is 1.95 bits per heavy atom. The fourth-order valence-electron chi connectivity index (χ4n) is 2.56. The van der Waals surface area contributed by atoms with Gasteiger partial charge in [0, 0.05) is 30.5 Å². The minimum absolute atomic E-state index is 0.565. The van der Waals surface area contributed by atoms with E-state index in [1.807, 2.05) is 18.3 Å². The fraction of sp³-hybridized carbons (Fsp3) is 0.389. The van der Waals surface area contributed by atoms with Crippen molar-refractivity contribution in [2.75, 3.05) is 0 Å². The number of nitrogens with zero attached hydrogens (tertiary/aromatic N) is 1. The van der Waals surface area contributed by atoms with Crippen LogP contribution in [0.25, 0.3) is 0 Å². The van der Waals surface area contributed by atoms with Crippen LogP contribution in [0.2, 0.25) is 0 Å². The summed E-state index contributed by atoms with van der Waals surface area (Å²) in [5.41, 5.74) is 4.83. The lowest BCUT2D eigenvalue weighted by Crippen LogP contribution is -2.15. The Kier molecular flexibility index (Phi) is 4.20. The molecule has 0 radical (unpaired) electrons. The van der Waals surface area contributed by atoms with Gasteiger partial charge in [-0.3, -0.25) is 4.98 Å². The number of ether oxygens (including phenoxy) is 1. The largest absolute Gasteiger partial charge is 0.488 e. The number of aromatic nitrogens is 1. The second-order valence-corrected chi connectivity index (χ2v) is 5.86. The minimum atomic E-state index is 0.565. The number of hydrogen-bond donors (Lipinski definition) is 1. The first-order chi connectivity index (χ1) is 10.2. The molecule has 1 aromatic heterocycles. The quantitative estimate of drug-likeness (QED) is 0.880. The summed E-state index contributed by atoms with van der Waals surface area (Å²) < 4.78 is 5.99. The van der Waals surface area contributed by atoms with Gasteiger partial charge in [0.05, 0.1) is 0 Å².